The van der Waals surface area contributed by atoms with Gasteiger partial charge in [-0.05, 0) is 39.0 Å². The van der Waals surface area contributed by atoms with Gasteiger partial charge in [-0.1, -0.05) is 11.3 Å². The van der Waals surface area contributed by atoms with Gasteiger partial charge in [0.2, 0.25) is 5.91 Å². The highest BCUT2D eigenvalue weighted by molar-refractivity contribution is 7.22. The minimum Gasteiger partial charge on any atom is -0.353 e. The van der Waals surface area contributed by atoms with E-state index >= 15 is 0 Å². The van der Waals surface area contributed by atoms with Crippen LogP contribution >= 0.6 is 11.3 Å². The molecule has 1 fully saturated rings. The number of benzene rings is 1. The number of aromatic nitrogens is 1. The van der Waals surface area contributed by atoms with E-state index in [-0.39, 0.29) is 23.8 Å². The van der Waals surface area contributed by atoms with Crippen molar-refractivity contribution in [1.29, 1.82) is 0 Å². The topological polar surface area (TPSA) is 48.5 Å². The number of hydrogen-bond donors (Lipinski definition) is 1. The number of halogens is 1. The van der Waals surface area contributed by atoms with E-state index in [1.54, 1.807) is 6.07 Å². The van der Waals surface area contributed by atoms with Gasteiger partial charge in [-0.25, -0.2) is 9.37 Å². The lowest BCUT2D eigenvalue weighted by Crippen LogP contribution is -2.54. The van der Waals surface area contributed by atoms with Crippen molar-refractivity contribution >= 4 is 32.6 Å². The summed E-state index contributed by atoms with van der Waals surface area (Å²) in [7, 11) is 0. The summed E-state index contributed by atoms with van der Waals surface area (Å²) in [5, 5.41) is 3.89. The Morgan fingerprint density at radius 3 is 2.62 bits per heavy atom. The number of nitrogens with zero attached hydrogens (tertiary/aromatic N) is 3. The van der Waals surface area contributed by atoms with Gasteiger partial charge < -0.3 is 10.2 Å². The number of anilines is 1. The lowest BCUT2D eigenvalue weighted by atomic mass is 10.2. The number of thiazole rings is 1. The molecule has 1 aliphatic rings. The van der Waals surface area contributed by atoms with Crippen LogP contribution in [0.5, 0.6) is 0 Å². The maximum absolute atomic E-state index is 13.3. The molecule has 2 aromatic rings. The van der Waals surface area contributed by atoms with E-state index in [0.29, 0.717) is 0 Å². The van der Waals surface area contributed by atoms with E-state index < -0.39 is 0 Å². The highest BCUT2D eigenvalue weighted by Gasteiger charge is 2.26. The van der Waals surface area contributed by atoms with Crippen LogP contribution in [0.2, 0.25) is 0 Å². The molecule has 7 heteroatoms. The zero-order chi connectivity index (χ0) is 17.3. The second-order valence-electron chi connectivity index (χ2n) is 6.47. The van der Waals surface area contributed by atoms with Crippen molar-refractivity contribution in [3.63, 3.8) is 0 Å². The summed E-state index contributed by atoms with van der Waals surface area (Å²) in [6, 6.07) is 4.73. The third-order valence-corrected chi connectivity index (χ3v) is 5.36. The molecule has 0 bridgehead atoms. The Labute approximate surface area is 145 Å². The Balaban J connectivity index is 1.62. The SMILES string of the molecule is CC(C)NC(=O)C(C)N1CCN(c2nc3ccc(F)cc3s2)CC1. The summed E-state index contributed by atoms with van der Waals surface area (Å²) in [4.78, 5) is 21.2. The lowest BCUT2D eigenvalue weighted by Gasteiger charge is -2.37. The minimum atomic E-state index is -0.229. The molecule has 0 saturated carbocycles. The molecule has 0 aliphatic carbocycles. The summed E-state index contributed by atoms with van der Waals surface area (Å²) >= 11 is 1.52. The fourth-order valence-corrected chi connectivity index (χ4v) is 3.94. The molecule has 1 amide bonds. The van der Waals surface area contributed by atoms with Crippen molar-refractivity contribution in [3.05, 3.63) is 24.0 Å². The maximum Gasteiger partial charge on any atom is 0.237 e. The summed E-state index contributed by atoms with van der Waals surface area (Å²) in [6.07, 6.45) is 0. The van der Waals surface area contributed by atoms with Gasteiger partial charge in [0, 0.05) is 32.2 Å². The molecule has 0 radical (unpaired) electrons. The standard InChI is InChI=1S/C17H23FN4OS/c1-11(2)19-16(23)12(3)21-6-8-22(9-7-21)17-20-14-5-4-13(18)10-15(14)24-17/h4-5,10-12H,6-9H2,1-3H3,(H,19,23). The molecular weight excluding hydrogens is 327 g/mol. The first-order valence-corrected chi connectivity index (χ1v) is 9.11. The molecule has 1 aromatic carbocycles. The third kappa shape index (κ3) is 3.67. The van der Waals surface area contributed by atoms with Gasteiger partial charge in [0.1, 0.15) is 5.82 Å². The molecule has 3 rings (SSSR count). The lowest BCUT2D eigenvalue weighted by molar-refractivity contribution is -0.126. The fraction of sp³-hybridized carbons (Fsp3) is 0.529. The summed E-state index contributed by atoms with van der Waals surface area (Å²) in [6.45, 7) is 9.17. The van der Waals surface area contributed by atoms with Crippen LogP contribution in [0.15, 0.2) is 18.2 Å². The van der Waals surface area contributed by atoms with Crippen LogP contribution in [0.3, 0.4) is 0 Å². The average Bonchev–Trinajstić information content (AvgIpc) is 2.96. The molecule has 1 unspecified atom stereocenters. The number of carbonyl (C=O) groups excluding carboxylic acids is 1. The van der Waals surface area contributed by atoms with Gasteiger partial charge in [-0.15, -0.1) is 0 Å². The zero-order valence-corrected chi connectivity index (χ0v) is 15.1. The predicted octanol–water partition coefficient (Wildman–Crippen LogP) is 2.47. The van der Waals surface area contributed by atoms with Crippen LogP contribution in [0.25, 0.3) is 10.2 Å². The van der Waals surface area contributed by atoms with Crippen LogP contribution in [-0.2, 0) is 4.79 Å². The number of nitrogens with one attached hydrogen (secondary N) is 1. The van der Waals surface area contributed by atoms with Crippen LogP contribution < -0.4 is 10.2 Å². The van der Waals surface area contributed by atoms with E-state index in [0.717, 1.165) is 41.5 Å². The average molecular weight is 350 g/mol. The van der Waals surface area contributed by atoms with Gasteiger partial charge in [0.15, 0.2) is 5.13 Å². The van der Waals surface area contributed by atoms with Crippen molar-refractivity contribution in [3.8, 4) is 0 Å². The van der Waals surface area contributed by atoms with E-state index in [2.05, 4.69) is 20.1 Å². The highest BCUT2D eigenvalue weighted by Crippen LogP contribution is 2.30. The smallest absolute Gasteiger partial charge is 0.237 e. The second-order valence-corrected chi connectivity index (χ2v) is 7.48. The van der Waals surface area contributed by atoms with E-state index in [1.165, 1.54) is 23.5 Å². The van der Waals surface area contributed by atoms with Crippen LogP contribution in [-0.4, -0.2) is 54.1 Å². The van der Waals surface area contributed by atoms with E-state index in [9.17, 15) is 9.18 Å². The number of hydrogen-bond acceptors (Lipinski definition) is 5. The van der Waals surface area contributed by atoms with Crippen LogP contribution in [0.1, 0.15) is 20.8 Å². The number of piperazine rings is 1. The molecule has 130 valence electrons. The molecule has 5 nitrogen and oxygen atoms in total. The normalized spacial score (nSPS) is 17.5. The summed E-state index contributed by atoms with van der Waals surface area (Å²) in [5.74, 6) is -0.151. The predicted molar refractivity (Wildman–Crippen MR) is 96.1 cm³/mol. The van der Waals surface area contributed by atoms with Crippen LogP contribution in [0, 0.1) is 5.82 Å². The molecule has 1 atom stereocenters. The van der Waals surface area contributed by atoms with Crippen molar-refractivity contribution in [1.82, 2.24) is 15.2 Å². The van der Waals surface area contributed by atoms with Gasteiger partial charge >= 0.3 is 0 Å². The van der Waals surface area contributed by atoms with Gasteiger partial charge in [-0.3, -0.25) is 9.69 Å². The number of amides is 1. The number of fused-ring (bicyclic) bond motifs is 1. The Morgan fingerprint density at radius 2 is 1.96 bits per heavy atom. The molecular formula is C17H23FN4OS. The van der Waals surface area contributed by atoms with Crippen molar-refractivity contribution < 1.29 is 9.18 Å². The maximum atomic E-state index is 13.3. The molecule has 2 heterocycles. The molecule has 1 aromatic heterocycles. The summed E-state index contributed by atoms with van der Waals surface area (Å²) in [5.41, 5.74) is 0.837. The Morgan fingerprint density at radius 1 is 1.25 bits per heavy atom. The van der Waals surface area contributed by atoms with Crippen molar-refractivity contribution in [2.75, 3.05) is 31.1 Å². The van der Waals surface area contributed by atoms with Crippen molar-refractivity contribution in [2.24, 2.45) is 0 Å². The highest BCUT2D eigenvalue weighted by atomic mass is 32.1. The first-order chi connectivity index (χ1) is 11.4. The molecule has 1 aliphatic heterocycles. The quantitative estimate of drug-likeness (QED) is 0.920. The van der Waals surface area contributed by atoms with E-state index in [1.807, 2.05) is 20.8 Å². The van der Waals surface area contributed by atoms with Crippen LogP contribution in [0.4, 0.5) is 9.52 Å². The van der Waals surface area contributed by atoms with Gasteiger partial charge in [-0.2, -0.15) is 0 Å². The number of carbonyl (C=O) groups is 1. The molecule has 1 saturated heterocycles. The molecule has 0 spiro atoms. The Kier molecular flexibility index (Phi) is 5.01. The van der Waals surface area contributed by atoms with E-state index in [4.69, 9.17) is 0 Å². The third-order valence-electron chi connectivity index (χ3n) is 4.28. The monoisotopic (exact) mass is 350 g/mol. The first kappa shape index (κ1) is 17.1. The molecule has 24 heavy (non-hydrogen) atoms. The largest absolute Gasteiger partial charge is 0.353 e. The van der Waals surface area contributed by atoms with Gasteiger partial charge in [0.25, 0.3) is 0 Å². The minimum absolute atomic E-state index is 0.0777. The van der Waals surface area contributed by atoms with Crippen molar-refractivity contribution in [2.45, 2.75) is 32.9 Å². The Hall–Kier alpha value is -1.73. The Bertz CT molecular complexity index is 724. The molecule has 1 N–H and O–H groups in total. The summed E-state index contributed by atoms with van der Waals surface area (Å²) < 4.78 is 14.2. The zero-order valence-electron chi connectivity index (χ0n) is 14.3. The number of rotatable bonds is 4. The second kappa shape index (κ2) is 7.03. The first-order valence-electron chi connectivity index (χ1n) is 8.29. The van der Waals surface area contributed by atoms with Gasteiger partial charge in [0.05, 0.1) is 16.3 Å². The fourth-order valence-electron chi connectivity index (χ4n) is 2.89.